The lowest BCUT2D eigenvalue weighted by Gasteiger charge is -2.41. The largest absolute Gasteiger partial charge is 0.0765 e. The lowest BCUT2D eigenvalue weighted by molar-refractivity contribution is 0.298. The van der Waals surface area contributed by atoms with Crippen LogP contribution in [-0.2, 0) is 0 Å². The van der Waals surface area contributed by atoms with Gasteiger partial charge in [0.1, 0.15) is 0 Å². The number of hydrogen-bond donors (Lipinski definition) is 0. The van der Waals surface area contributed by atoms with Gasteiger partial charge in [-0.1, -0.05) is 90.8 Å². The normalized spacial score (nSPS) is 31.9. The van der Waals surface area contributed by atoms with Crippen molar-refractivity contribution in [2.45, 2.75) is 69.2 Å². The Kier molecular flexibility index (Phi) is 5.11. The Morgan fingerprint density at radius 2 is 0.917 bits per heavy atom. The summed E-state index contributed by atoms with van der Waals surface area (Å²) in [6, 6.07) is 0. The van der Waals surface area contributed by atoms with Crippen LogP contribution in [0, 0.1) is 34.5 Å². The molecule has 0 nitrogen and oxygen atoms in total. The molecule has 0 aromatic carbocycles. The molecule has 4 atom stereocenters. The third kappa shape index (κ3) is 3.79. The Morgan fingerprint density at radius 1 is 0.625 bits per heavy atom. The maximum Gasteiger partial charge on any atom is -0.00956 e. The van der Waals surface area contributed by atoms with Gasteiger partial charge in [0.2, 0.25) is 0 Å². The molecule has 0 aliphatic heterocycles. The van der Waals surface area contributed by atoms with Crippen molar-refractivity contribution in [2.75, 3.05) is 0 Å². The number of allylic oxidation sites excluding steroid dienone is 8. The Bertz CT molecular complexity index is 551. The molecule has 0 amide bonds. The van der Waals surface area contributed by atoms with Gasteiger partial charge in [0.05, 0.1) is 0 Å². The molecule has 0 radical (unpaired) electrons. The van der Waals surface area contributed by atoms with Crippen molar-refractivity contribution in [3.63, 3.8) is 0 Å². The molecule has 2 aliphatic rings. The zero-order valence-corrected chi connectivity index (χ0v) is 17.6. The molecule has 134 valence electrons. The second kappa shape index (κ2) is 6.36. The van der Waals surface area contributed by atoms with Crippen LogP contribution in [0.3, 0.4) is 0 Å². The van der Waals surface area contributed by atoms with E-state index in [1.807, 2.05) is 0 Å². The molecular formula is C24H38. The predicted octanol–water partition coefficient (Wildman–Crippen LogP) is 7.36. The van der Waals surface area contributed by atoms with Gasteiger partial charge in [0.25, 0.3) is 0 Å². The smallest absolute Gasteiger partial charge is 0.00956 e. The average molecular weight is 327 g/mol. The molecule has 2 rings (SSSR count). The highest BCUT2D eigenvalue weighted by Gasteiger charge is 2.36. The molecule has 0 aromatic rings. The first-order valence-corrected chi connectivity index (χ1v) is 9.63. The van der Waals surface area contributed by atoms with Crippen LogP contribution < -0.4 is 0 Å². The van der Waals surface area contributed by atoms with E-state index in [0.717, 1.165) is 0 Å². The van der Waals surface area contributed by atoms with Crippen LogP contribution in [0.15, 0.2) is 46.6 Å². The molecule has 0 fully saturated rings. The lowest BCUT2D eigenvalue weighted by Crippen LogP contribution is -2.31. The van der Waals surface area contributed by atoms with Gasteiger partial charge in [-0.3, -0.25) is 0 Å². The Hall–Kier alpha value is -1.04. The van der Waals surface area contributed by atoms with Gasteiger partial charge in [-0.05, 0) is 59.5 Å². The van der Waals surface area contributed by atoms with E-state index < -0.39 is 0 Å². The predicted molar refractivity (Wildman–Crippen MR) is 108 cm³/mol. The van der Waals surface area contributed by atoms with Crippen LogP contribution in [0.1, 0.15) is 69.2 Å². The van der Waals surface area contributed by atoms with Crippen molar-refractivity contribution in [3.05, 3.63) is 46.6 Å². The second-order valence-electron chi connectivity index (χ2n) is 10.3. The minimum Gasteiger partial charge on any atom is -0.0765 e. The molecule has 0 saturated heterocycles. The zero-order chi connectivity index (χ0) is 18.4. The van der Waals surface area contributed by atoms with Gasteiger partial charge in [-0.15, -0.1) is 0 Å². The van der Waals surface area contributed by atoms with Crippen molar-refractivity contribution < 1.29 is 0 Å². The molecule has 0 N–H and O–H groups in total. The highest BCUT2D eigenvalue weighted by Crippen LogP contribution is 2.46. The van der Waals surface area contributed by atoms with E-state index >= 15 is 0 Å². The van der Waals surface area contributed by atoms with Crippen LogP contribution in [0.25, 0.3) is 0 Å². The van der Waals surface area contributed by atoms with Gasteiger partial charge in [0, 0.05) is 0 Å². The first kappa shape index (κ1) is 19.3. The van der Waals surface area contributed by atoms with E-state index in [1.54, 1.807) is 0 Å². The van der Waals surface area contributed by atoms with Crippen molar-refractivity contribution in [1.29, 1.82) is 0 Å². The molecule has 24 heavy (non-hydrogen) atoms. The lowest BCUT2D eigenvalue weighted by atomic mass is 9.64. The monoisotopic (exact) mass is 326 g/mol. The second-order valence-corrected chi connectivity index (χ2v) is 10.3. The molecule has 0 aromatic heterocycles. The van der Waals surface area contributed by atoms with Crippen LogP contribution in [0.5, 0.6) is 0 Å². The van der Waals surface area contributed by atoms with Gasteiger partial charge < -0.3 is 0 Å². The van der Waals surface area contributed by atoms with Crippen LogP contribution in [0.2, 0.25) is 0 Å². The van der Waals surface area contributed by atoms with Crippen LogP contribution in [-0.4, -0.2) is 0 Å². The van der Waals surface area contributed by atoms with Gasteiger partial charge >= 0.3 is 0 Å². The quantitative estimate of drug-likeness (QED) is 0.472. The molecule has 0 heterocycles. The Morgan fingerprint density at radius 3 is 1.17 bits per heavy atom. The summed E-state index contributed by atoms with van der Waals surface area (Å²) in [7, 11) is 0. The van der Waals surface area contributed by atoms with Crippen molar-refractivity contribution in [2.24, 2.45) is 34.5 Å². The summed E-state index contributed by atoms with van der Waals surface area (Å²) in [5.41, 5.74) is 6.54. The maximum atomic E-state index is 2.59. The summed E-state index contributed by atoms with van der Waals surface area (Å²) < 4.78 is 0. The highest BCUT2D eigenvalue weighted by molar-refractivity contribution is 5.39. The zero-order valence-electron chi connectivity index (χ0n) is 17.6. The minimum atomic E-state index is 0.221. The molecular weight excluding hydrogens is 288 g/mol. The van der Waals surface area contributed by atoms with E-state index in [0.29, 0.717) is 23.7 Å². The maximum absolute atomic E-state index is 2.59. The summed E-state index contributed by atoms with van der Waals surface area (Å²) in [4.78, 5) is 0. The fourth-order valence-electron chi connectivity index (χ4n) is 3.98. The van der Waals surface area contributed by atoms with Gasteiger partial charge in [-0.2, -0.15) is 0 Å². The van der Waals surface area contributed by atoms with E-state index in [1.165, 1.54) is 22.3 Å². The first-order valence-electron chi connectivity index (χ1n) is 9.63. The first-order chi connectivity index (χ1) is 10.8. The Labute approximate surface area is 150 Å². The summed E-state index contributed by atoms with van der Waals surface area (Å²) in [5.74, 6) is 2.43. The SMILES string of the molecule is CC1=CC(C(C)(C)C)=CC(C2C=C(C(C)(C)C)C=C(C)[C@@H]2C)C1C. The minimum absolute atomic E-state index is 0.221. The van der Waals surface area contributed by atoms with Crippen LogP contribution >= 0.6 is 0 Å². The van der Waals surface area contributed by atoms with Crippen LogP contribution in [0.4, 0.5) is 0 Å². The third-order valence-electron chi connectivity index (χ3n) is 6.28. The van der Waals surface area contributed by atoms with Crippen molar-refractivity contribution in [3.8, 4) is 0 Å². The van der Waals surface area contributed by atoms with Crippen molar-refractivity contribution >= 4 is 0 Å². The molecule has 0 saturated carbocycles. The van der Waals surface area contributed by atoms with Gasteiger partial charge in [-0.25, -0.2) is 0 Å². The topological polar surface area (TPSA) is 0 Å². The fourth-order valence-corrected chi connectivity index (χ4v) is 3.98. The third-order valence-corrected chi connectivity index (χ3v) is 6.28. The van der Waals surface area contributed by atoms with E-state index in [-0.39, 0.29) is 10.8 Å². The van der Waals surface area contributed by atoms with E-state index in [9.17, 15) is 0 Å². The summed E-state index contributed by atoms with van der Waals surface area (Å²) >= 11 is 0. The molecule has 3 unspecified atom stereocenters. The van der Waals surface area contributed by atoms with Gasteiger partial charge in [0.15, 0.2) is 0 Å². The molecule has 2 aliphatic carbocycles. The van der Waals surface area contributed by atoms with E-state index in [4.69, 9.17) is 0 Å². The standard InChI is InChI=1S/C24H38/c1-15-11-19(23(5,6)7)13-21(17(15)3)22-14-20(24(8,9)10)12-16(2)18(22)4/h11-14,17-18,21-22H,1-10H3/t17-,18?,21?,22?/m0/s1. The summed E-state index contributed by atoms with van der Waals surface area (Å²) in [5, 5.41) is 0. The number of rotatable bonds is 1. The average Bonchev–Trinajstić information content (AvgIpc) is 2.42. The summed E-state index contributed by atoms with van der Waals surface area (Å²) in [6.45, 7) is 23.5. The molecule has 0 spiro atoms. The molecule has 0 bridgehead atoms. The number of hydrogen-bond acceptors (Lipinski definition) is 0. The summed E-state index contributed by atoms with van der Waals surface area (Å²) in [6.07, 6.45) is 10.1. The Balaban J connectivity index is 2.48. The van der Waals surface area contributed by atoms with E-state index in [2.05, 4.69) is 93.5 Å². The fraction of sp³-hybridized carbons (Fsp3) is 0.667. The van der Waals surface area contributed by atoms with Crippen molar-refractivity contribution in [1.82, 2.24) is 0 Å². The molecule has 0 heteroatoms. The highest BCUT2D eigenvalue weighted by atomic mass is 14.4.